The average Bonchev–Trinajstić information content (AvgIpc) is 3.18. The van der Waals surface area contributed by atoms with Crippen LogP contribution in [0.2, 0.25) is 0 Å². The molecule has 1 amide bonds. The number of aromatic nitrogens is 2. The third-order valence-corrected chi connectivity index (χ3v) is 7.20. The van der Waals surface area contributed by atoms with E-state index in [0.29, 0.717) is 26.4 Å². The Bertz CT molecular complexity index is 1030. The number of halogens is 5. The normalized spacial score (nSPS) is 20.7. The number of ether oxygens (including phenoxy) is 2. The first kappa shape index (κ1) is 25.8. The largest absolute Gasteiger partial charge is 0.435 e. The zero-order valence-corrected chi connectivity index (χ0v) is 19.6. The monoisotopic (exact) mass is 503 g/mol. The fourth-order valence-electron chi connectivity index (χ4n) is 5.09. The number of hydrogen-bond donors (Lipinski definition) is 1. The van der Waals surface area contributed by atoms with Crippen LogP contribution in [0, 0.1) is 11.3 Å². The zero-order valence-electron chi connectivity index (χ0n) is 19.6. The third-order valence-electron chi connectivity index (χ3n) is 7.20. The van der Waals surface area contributed by atoms with Crippen molar-refractivity contribution < 1.29 is 36.2 Å². The molecular weight excluding hydrogens is 473 g/mol. The highest BCUT2D eigenvalue weighted by Crippen LogP contribution is 2.40. The molecule has 1 aliphatic carbocycles. The molecule has 0 atom stereocenters. The van der Waals surface area contributed by atoms with Crippen molar-refractivity contribution in [2.75, 3.05) is 33.5 Å². The molecule has 6 nitrogen and oxygen atoms in total. The van der Waals surface area contributed by atoms with Crippen molar-refractivity contribution in [3.8, 4) is 0 Å². The highest BCUT2D eigenvalue weighted by Gasteiger charge is 2.40. The van der Waals surface area contributed by atoms with Crippen LogP contribution in [-0.4, -0.2) is 54.7 Å². The van der Waals surface area contributed by atoms with Gasteiger partial charge in [0, 0.05) is 56.9 Å². The third kappa shape index (κ3) is 5.94. The van der Waals surface area contributed by atoms with Gasteiger partial charge in [-0.25, -0.2) is 13.8 Å². The van der Waals surface area contributed by atoms with E-state index < -0.39 is 23.7 Å². The van der Waals surface area contributed by atoms with E-state index in [1.165, 1.54) is 22.7 Å². The summed E-state index contributed by atoms with van der Waals surface area (Å²) in [7, 11) is 1.60. The number of alkyl halides is 5. The molecule has 1 saturated carbocycles. The molecule has 35 heavy (non-hydrogen) atoms. The predicted molar refractivity (Wildman–Crippen MR) is 117 cm³/mol. The lowest BCUT2D eigenvalue weighted by Gasteiger charge is -2.36. The van der Waals surface area contributed by atoms with Gasteiger partial charge in [0.15, 0.2) is 5.69 Å². The molecule has 1 aliphatic heterocycles. The molecule has 3 heterocycles. The number of nitrogens with one attached hydrogen (secondary N) is 1. The number of pyridine rings is 1. The van der Waals surface area contributed by atoms with E-state index >= 15 is 0 Å². The Kier molecular flexibility index (Phi) is 7.38. The smallest absolute Gasteiger partial charge is 0.384 e. The van der Waals surface area contributed by atoms with Crippen LogP contribution in [0.15, 0.2) is 18.3 Å². The van der Waals surface area contributed by atoms with Crippen LogP contribution in [0.5, 0.6) is 0 Å². The van der Waals surface area contributed by atoms with Crippen LogP contribution in [0.25, 0.3) is 5.65 Å². The summed E-state index contributed by atoms with van der Waals surface area (Å²) in [6.07, 6.45) is -2.17. The van der Waals surface area contributed by atoms with E-state index in [4.69, 9.17) is 9.47 Å². The Morgan fingerprint density at radius 1 is 1.23 bits per heavy atom. The number of amides is 1. The maximum Gasteiger partial charge on any atom is 0.435 e. The molecule has 1 saturated heterocycles. The SMILES string of the molecule is COCC1(CNC(=O)c2ccn3c(CC4CCC(F)(F)CC4)c(C(F)(F)F)nc3c2)CCOCC1. The van der Waals surface area contributed by atoms with E-state index in [9.17, 15) is 26.7 Å². The number of carbonyl (C=O) groups is 1. The van der Waals surface area contributed by atoms with Crippen molar-refractivity contribution in [2.24, 2.45) is 11.3 Å². The Hall–Kier alpha value is -2.27. The number of fused-ring (bicyclic) bond motifs is 1. The van der Waals surface area contributed by atoms with Gasteiger partial charge >= 0.3 is 6.18 Å². The number of imidazole rings is 1. The molecular formula is C24H30F5N3O3. The minimum Gasteiger partial charge on any atom is -0.384 e. The molecule has 11 heteroatoms. The lowest BCUT2D eigenvalue weighted by Crippen LogP contribution is -2.44. The van der Waals surface area contributed by atoms with E-state index in [-0.39, 0.29) is 60.3 Å². The second-order valence-electron chi connectivity index (χ2n) is 9.78. The molecule has 2 fully saturated rings. The minimum atomic E-state index is -4.70. The summed E-state index contributed by atoms with van der Waals surface area (Å²) in [6.45, 7) is 1.96. The summed E-state index contributed by atoms with van der Waals surface area (Å²) < 4.78 is 80.4. The van der Waals surface area contributed by atoms with Crippen molar-refractivity contribution in [3.63, 3.8) is 0 Å². The summed E-state index contributed by atoms with van der Waals surface area (Å²) in [4.78, 5) is 16.6. The Morgan fingerprint density at radius 3 is 2.54 bits per heavy atom. The zero-order chi connectivity index (χ0) is 25.3. The maximum atomic E-state index is 13.8. The standard InChI is InChI=1S/C24H30F5N3O3/c1-34-15-22(7-10-35-11-8-22)14-30-21(33)17-4-9-32-18(12-16-2-5-23(25,26)6-3-16)20(24(27,28)29)31-19(32)13-17/h4,9,13,16H,2-3,5-8,10-12,14-15H2,1H3,(H,30,33). The first-order chi connectivity index (χ1) is 16.5. The van der Waals surface area contributed by atoms with Gasteiger partial charge in [-0.3, -0.25) is 4.79 Å². The Labute approximate surface area is 200 Å². The lowest BCUT2D eigenvalue weighted by molar-refractivity contribution is -0.141. The molecule has 0 aromatic carbocycles. The van der Waals surface area contributed by atoms with Gasteiger partial charge in [0.05, 0.1) is 12.3 Å². The van der Waals surface area contributed by atoms with Crippen molar-refractivity contribution in [3.05, 3.63) is 35.3 Å². The molecule has 0 radical (unpaired) electrons. The second-order valence-corrected chi connectivity index (χ2v) is 9.78. The summed E-state index contributed by atoms with van der Waals surface area (Å²) in [6, 6.07) is 2.78. The van der Waals surface area contributed by atoms with Crippen molar-refractivity contribution >= 4 is 11.6 Å². The molecule has 194 valence electrons. The van der Waals surface area contributed by atoms with Crippen molar-refractivity contribution in [1.82, 2.24) is 14.7 Å². The average molecular weight is 504 g/mol. The summed E-state index contributed by atoms with van der Waals surface area (Å²) in [5, 5.41) is 2.88. The predicted octanol–water partition coefficient (Wildman–Crippen LogP) is 4.89. The molecule has 1 N–H and O–H groups in total. The number of hydrogen-bond acceptors (Lipinski definition) is 4. The van der Waals surface area contributed by atoms with Crippen LogP contribution in [0.3, 0.4) is 0 Å². The van der Waals surface area contributed by atoms with E-state index in [0.717, 1.165) is 12.8 Å². The van der Waals surface area contributed by atoms with Gasteiger partial charge < -0.3 is 19.2 Å². The first-order valence-electron chi connectivity index (χ1n) is 11.8. The summed E-state index contributed by atoms with van der Waals surface area (Å²) in [5.74, 6) is -3.45. The van der Waals surface area contributed by atoms with Crippen LogP contribution in [-0.2, 0) is 22.1 Å². The van der Waals surface area contributed by atoms with Gasteiger partial charge in [0.25, 0.3) is 5.91 Å². The van der Waals surface area contributed by atoms with Gasteiger partial charge in [0.2, 0.25) is 5.92 Å². The van der Waals surface area contributed by atoms with Crippen LogP contribution in [0.1, 0.15) is 60.3 Å². The summed E-state index contributed by atoms with van der Waals surface area (Å²) in [5.41, 5.74) is -1.16. The Balaban J connectivity index is 1.54. The molecule has 0 bridgehead atoms. The lowest BCUT2D eigenvalue weighted by atomic mass is 9.81. The number of rotatable bonds is 7. The molecule has 0 spiro atoms. The van der Waals surface area contributed by atoms with E-state index in [1.807, 2.05) is 0 Å². The molecule has 2 aromatic heterocycles. The molecule has 2 aliphatic rings. The van der Waals surface area contributed by atoms with Crippen LogP contribution < -0.4 is 5.32 Å². The van der Waals surface area contributed by atoms with Crippen LogP contribution >= 0.6 is 0 Å². The number of carbonyl (C=O) groups excluding carboxylic acids is 1. The maximum absolute atomic E-state index is 13.8. The Morgan fingerprint density at radius 2 is 1.91 bits per heavy atom. The quantitative estimate of drug-likeness (QED) is 0.547. The van der Waals surface area contributed by atoms with Crippen molar-refractivity contribution in [1.29, 1.82) is 0 Å². The van der Waals surface area contributed by atoms with Crippen molar-refractivity contribution in [2.45, 2.75) is 57.0 Å². The van der Waals surface area contributed by atoms with Gasteiger partial charge in [0.1, 0.15) is 5.65 Å². The fraction of sp³-hybridized carbons (Fsp3) is 0.667. The van der Waals surface area contributed by atoms with Gasteiger partial charge in [-0.15, -0.1) is 0 Å². The van der Waals surface area contributed by atoms with Gasteiger partial charge in [-0.1, -0.05) is 0 Å². The molecule has 2 aromatic rings. The molecule has 0 unspecified atom stereocenters. The number of methoxy groups -OCH3 is 1. The van der Waals surface area contributed by atoms with Crippen LogP contribution in [0.4, 0.5) is 22.0 Å². The highest BCUT2D eigenvalue weighted by atomic mass is 19.4. The number of nitrogens with zero attached hydrogens (tertiary/aromatic N) is 2. The van der Waals surface area contributed by atoms with E-state index in [1.54, 1.807) is 7.11 Å². The fourth-order valence-corrected chi connectivity index (χ4v) is 5.09. The first-order valence-corrected chi connectivity index (χ1v) is 11.8. The topological polar surface area (TPSA) is 64.9 Å². The minimum absolute atomic E-state index is 0.000752. The second kappa shape index (κ2) is 10.0. The summed E-state index contributed by atoms with van der Waals surface area (Å²) >= 11 is 0. The highest BCUT2D eigenvalue weighted by molar-refractivity contribution is 5.95. The molecule has 4 rings (SSSR count). The van der Waals surface area contributed by atoms with Gasteiger partial charge in [-0.05, 0) is 50.2 Å². The van der Waals surface area contributed by atoms with Gasteiger partial charge in [-0.2, -0.15) is 13.2 Å². The van der Waals surface area contributed by atoms with E-state index in [2.05, 4.69) is 10.3 Å².